The van der Waals surface area contributed by atoms with Gasteiger partial charge in [-0.15, -0.1) is 0 Å². The molecule has 2 nitrogen and oxygen atoms in total. The van der Waals surface area contributed by atoms with Gasteiger partial charge < -0.3 is 5.32 Å². The van der Waals surface area contributed by atoms with Crippen LogP contribution >= 0.6 is 11.8 Å². The largest absolute Gasteiger partial charge is 0.364 e. The van der Waals surface area contributed by atoms with Crippen LogP contribution in [0.3, 0.4) is 0 Å². The van der Waals surface area contributed by atoms with Crippen LogP contribution in [0.5, 0.6) is 0 Å². The van der Waals surface area contributed by atoms with E-state index in [0.29, 0.717) is 11.2 Å². The van der Waals surface area contributed by atoms with Crippen LogP contribution in [0.1, 0.15) is 38.7 Å². The maximum Gasteiger partial charge on any atom is 0.156 e. The van der Waals surface area contributed by atoms with E-state index in [-0.39, 0.29) is 0 Å². The fourth-order valence-corrected chi connectivity index (χ4v) is 3.56. The van der Waals surface area contributed by atoms with Gasteiger partial charge >= 0.3 is 0 Å². The smallest absolute Gasteiger partial charge is 0.156 e. The highest BCUT2D eigenvalue weighted by Gasteiger charge is 2.20. The molecule has 0 radical (unpaired) electrons. The minimum atomic E-state index is 0.522. The van der Waals surface area contributed by atoms with E-state index >= 15 is 0 Å². The summed E-state index contributed by atoms with van der Waals surface area (Å²) in [4.78, 5) is 4.60. The molecule has 2 unspecified atom stereocenters. The van der Waals surface area contributed by atoms with Gasteiger partial charge in [0.25, 0.3) is 0 Å². The van der Waals surface area contributed by atoms with E-state index < -0.39 is 0 Å². The minimum Gasteiger partial charge on any atom is -0.364 e. The van der Waals surface area contributed by atoms with Gasteiger partial charge in [-0.1, -0.05) is 62.9 Å². The van der Waals surface area contributed by atoms with Gasteiger partial charge in [0.15, 0.2) is 5.17 Å². The number of hydrogen-bond acceptors (Lipinski definition) is 3. The van der Waals surface area contributed by atoms with Crippen molar-refractivity contribution in [2.24, 2.45) is 10.9 Å². The Bertz CT molecular complexity index is 414. The number of aliphatic imine (C=N–C) groups is 1. The Morgan fingerprint density at radius 2 is 2.00 bits per heavy atom. The van der Waals surface area contributed by atoms with E-state index in [1.54, 1.807) is 0 Å². The number of nitrogens with one attached hydrogen (secondary N) is 1. The number of thioether (sulfide) groups is 1. The normalized spacial score (nSPS) is 20.4. The topological polar surface area (TPSA) is 24.4 Å². The molecule has 1 N–H and O–H groups in total. The second-order valence-electron chi connectivity index (χ2n) is 5.71. The molecule has 0 aromatic heterocycles. The highest BCUT2D eigenvalue weighted by atomic mass is 32.2. The average Bonchev–Trinajstić information content (AvgIpc) is 2.84. The molecule has 104 valence electrons. The monoisotopic (exact) mass is 276 g/mol. The highest BCUT2D eigenvalue weighted by Crippen LogP contribution is 2.25. The molecule has 1 aromatic rings. The molecule has 1 aromatic carbocycles. The van der Waals surface area contributed by atoms with Crippen molar-refractivity contribution in [1.29, 1.82) is 0 Å². The van der Waals surface area contributed by atoms with Crippen LogP contribution in [-0.2, 0) is 0 Å². The molecule has 0 aliphatic carbocycles. The summed E-state index contributed by atoms with van der Waals surface area (Å²) in [6.07, 6.45) is 1.26. The Morgan fingerprint density at radius 3 is 2.68 bits per heavy atom. The number of benzene rings is 1. The van der Waals surface area contributed by atoms with Crippen LogP contribution in [-0.4, -0.2) is 23.5 Å². The Balaban J connectivity index is 1.75. The molecule has 0 amide bonds. The minimum absolute atomic E-state index is 0.522. The summed E-state index contributed by atoms with van der Waals surface area (Å²) in [6.45, 7) is 8.76. The molecule has 1 aliphatic rings. The quantitative estimate of drug-likeness (QED) is 0.882. The predicted octanol–water partition coefficient (Wildman–Crippen LogP) is 3.90. The molecule has 3 heteroatoms. The summed E-state index contributed by atoms with van der Waals surface area (Å²) in [7, 11) is 0. The second-order valence-corrected chi connectivity index (χ2v) is 7.00. The second kappa shape index (κ2) is 6.99. The highest BCUT2D eigenvalue weighted by molar-refractivity contribution is 8.14. The number of nitrogens with zero attached hydrogens (tertiary/aromatic N) is 1. The van der Waals surface area contributed by atoms with Gasteiger partial charge in [-0.3, -0.25) is 4.99 Å². The first-order chi connectivity index (χ1) is 9.15. The maximum atomic E-state index is 4.60. The Labute approximate surface area is 121 Å². The molecule has 1 aliphatic heterocycles. The first kappa shape index (κ1) is 14.4. The van der Waals surface area contributed by atoms with Crippen LogP contribution in [0.2, 0.25) is 0 Å². The van der Waals surface area contributed by atoms with Crippen LogP contribution in [0.25, 0.3) is 0 Å². The fraction of sp³-hybridized carbons (Fsp3) is 0.562. The Hall–Kier alpha value is -0.960. The molecule has 0 fully saturated rings. The summed E-state index contributed by atoms with van der Waals surface area (Å²) < 4.78 is 0. The van der Waals surface area contributed by atoms with Crippen molar-refractivity contribution >= 4 is 16.9 Å². The third kappa shape index (κ3) is 4.57. The van der Waals surface area contributed by atoms with Gasteiger partial charge in [0.2, 0.25) is 0 Å². The summed E-state index contributed by atoms with van der Waals surface area (Å²) in [5, 5.41) is 5.30. The summed E-state index contributed by atoms with van der Waals surface area (Å²) in [6, 6.07) is 10.7. The van der Waals surface area contributed by atoms with Crippen molar-refractivity contribution in [3.8, 4) is 0 Å². The maximum absolute atomic E-state index is 4.60. The zero-order chi connectivity index (χ0) is 13.7. The lowest BCUT2D eigenvalue weighted by Gasteiger charge is -2.14. The predicted molar refractivity (Wildman–Crippen MR) is 86.0 cm³/mol. The van der Waals surface area contributed by atoms with Gasteiger partial charge in [-0.05, 0) is 23.8 Å². The molecule has 0 spiro atoms. The van der Waals surface area contributed by atoms with E-state index in [1.165, 1.54) is 12.0 Å². The number of hydrogen-bond donors (Lipinski definition) is 1. The molecule has 2 rings (SSSR count). The van der Waals surface area contributed by atoms with Crippen LogP contribution in [0.15, 0.2) is 35.3 Å². The molecule has 2 atom stereocenters. The first-order valence-corrected chi connectivity index (χ1v) is 8.03. The number of amidine groups is 1. The van der Waals surface area contributed by atoms with E-state index in [2.05, 4.69) is 61.4 Å². The van der Waals surface area contributed by atoms with Crippen LogP contribution in [0, 0.1) is 5.92 Å². The molecular formula is C16H24N2S. The first-order valence-electron chi connectivity index (χ1n) is 7.15. The lowest BCUT2D eigenvalue weighted by Crippen LogP contribution is -2.24. The van der Waals surface area contributed by atoms with Crippen molar-refractivity contribution in [3.63, 3.8) is 0 Å². The van der Waals surface area contributed by atoms with E-state index in [0.717, 1.165) is 24.2 Å². The van der Waals surface area contributed by atoms with E-state index in [9.17, 15) is 0 Å². The fourth-order valence-electron chi connectivity index (χ4n) is 2.30. The Kier molecular flexibility index (Phi) is 5.32. The van der Waals surface area contributed by atoms with Crippen LogP contribution < -0.4 is 5.32 Å². The number of rotatable bonds is 5. The third-order valence-electron chi connectivity index (χ3n) is 3.38. The molecular weight excluding hydrogens is 252 g/mol. The molecule has 19 heavy (non-hydrogen) atoms. The van der Waals surface area contributed by atoms with Gasteiger partial charge in [0, 0.05) is 11.8 Å². The Morgan fingerprint density at radius 1 is 1.26 bits per heavy atom. The molecule has 0 saturated heterocycles. The van der Waals surface area contributed by atoms with Crippen molar-refractivity contribution < 1.29 is 0 Å². The average molecular weight is 276 g/mol. The molecule has 1 heterocycles. The van der Waals surface area contributed by atoms with Crippen molar-refractivity contribution in [2.45, 2.75) is 38.4 Å². The van der Waals surface area contributed by atoms with Crippen molar-refractivity contribution in [2.75, 3.05) is 13.1 Å². The van der Waals surface area contributed by atoms with Gasteiger partial charge in [-0.2, -0.15) is 0 Å². The van der Waals surface area contributed by atoms with E-state index in [1.807, 2.05) is 11.8 Å². The molecule has 0 saturated carbocycles. The van der Waals surface area contributed by atoms with Gasteiger partial charge in [0.05, 0.1) is 6.54 Å². The lowest BCUT2D eigenvalue weighted by molar-refractivity contribution is 0.575. The molecule has 0 bridgehead atoms. The zero-order valence-electron chi connectivity index (χ0n) is 12.1. The van der Waals surface area contributed by atoms with E-state index in [4.69, 9.17) is 0 Å². The third-order valence-corrected chi connectivity index (χ3v) is 4.55. The standard InChI is InChI=1S/C16H24N2S/c1-12(2)9-15-11-18-16(19-15)17-10-13(3)14-7-5-4-6-8-14/h4-8,12-13,15H,9-11H2,1-3H3,(H,17,18). The summed E-state index contributed by atoms with van der Waals surface area (Å²) >= 11 is 1.92. The lowest BCUT2D eigenvalue weighted by atomic mass is 10.0. The summed E-state index contributed by atoms with van der Waals surface area (Å²) in [5.41, 5.74) is 1.39. The van der Waals surface area contributed by atoms with Crippen molar-refractivity contribution in [3.05, 3.63) is 35.9 Å². The van der Waals surface area contributed by atoms with Crippen LogP contribution in [0.4, 0.5) is 0 Å². The summed E-state index contributed by atoms with van der Waals surface area (Å²) in [5.74, 6) is 1.28. The zero-order valence-corrected chi connectivity index (χ0v) is 12.9. The van der Waals surface area contributed by atoms with Gasteiger partial charge in [0.1, 0.15) is 0 Å². The SMILES string of the molecule is CC(C)CC1CN=C(NCC(C)c2ccccc2)S1. The van der Waals surface area contributed by atoms with Crippen molar-refractivity contribution in [1.82, 2.24) is 5.32 Å². The van der Waals surface area contributed by atoms with Gasteiger partial charge in [-0.25, -0.2) is 0 Å².